The first kappa shape index (κ1) is 14.7. The summed E-state index contributed by atoms with van der Waals surface area (Å²) in [4.78, 5) is 13.6. The fraction of sp³-hybridized carbons (Fsp3) is 0.929. The fourth-order valence-electron chi connectivity index (χ4n) is 2.96. The van der Waals surface area contributed by atoms with Gasteiger partial charge in [-0.15, -0.1) is 0 Å². The van der Waals surface area contributed by atoms with Crippen molar-refractivity contribution < 1.29 is 9.53 Å². The van der Waals surface area contributed by atoms with Crippen LogP contribution in [0.5, 0.6) is 0 Å². The number of carbonyl (C=O) groups excluding carboxylic acids is 1. The second-order valence-corrected chi connectivity index (χ2v) is 6.38. The van der Waals surface area contributed by atoms with Crippen LogP contribution in [0.3, 0.4) is 0 Å². The van der Waals surface area contributed by atoms with Gasteiger partial charge in [0.2, 0.25) is 0 Å². The van der Waals surface area contributed by atoms with Gasteiger partial charge in [-0.25, -0.2) is 0 Å². The van der Waals surface area contributed by atoms with Crippen molar-refractivity contribution in [2.24, 2.45) is 5.41 Å². The number of hydrogen-bond acceptors (Lipinski definition) is 3. The predicted molar refractivity (Wildman–Crippen MR) is 70.1 cm³/mol. The van der Waals surface area contributed by atoms with Crippen LogP contribution in [-0.4, -0.2) is 42.5 Å². The summed E-state index contributed by atoms with van der Waals surface area (Å²) < 4.78 is 5.88. The summed E-state index contributed by atoms with van der Waals surface area (Å²) in [6, 6.07) is 0. The molecule has 100 valence electrons. The summed E-state index contributed by atoms with van der Waals surface area (Å²) in [6.45, 7) is 13.2. The summed E-state index contributed by atoms with van der Waals surface area (Å²) in [5, 5.41) is 0. The molecule has 0 aromatic rings. The highest BCUT2D eigenvalue weighted by atomic mass is 16.5. The highest BCUT2D eigenvalue weighted by Crippen LogP contribution is 2.27. The van der Waals surface area contributed by atoms with Gasteiger partial charge in [0.1, 0.15) is 6.29 Å². The predicted octanol–water partition coefficient (Wildman–Crippen LogP) is 2.49. The highest BCUT2D eigenvalue weighted by Gasteiger charge is 2.35. The van der Waals surface area contributed by atoms with Crippen molar-refractivity contribution in [2.75, 3.05) is 19.6 Å². The maximum atomic E-state index is 11.3. The Bertz CT molecular complexity index is 265. The molecular weight excluding hydrogens is 214 g/mol. The van der Waals surface area contributed by atoms with Crippen LogP contribution in [0.4, 0.5) is 0 Å². The number of morpholine rings is 1. The van der Waals surface area contributed by atoms with Crippen molar-refractivity contribution in [1.82, 2.24) is 4.90 Å². The molecule has 0 amide bonds. The van der Waals surface area contributed by atoms with Gasteiger partial charge in [-0.2, -0.15) is 0 Å². The van der Waals surface area contributed by atoms with Gasteiger partial charge in [-0.05, 0) is 27.2 Å². The van der Waals surface area contributed by atoms with E-state index in [4.69, 9.17) is 4.74 Å². The summed E-state index contributed by atoms with van der Waals surface area (Å²) in [7, 11) is 0. The second-order valence-electron chi connectivity index (χ2n) is 6.38. The lowest BCUT2D eigenvalue weighted by molar-refractivity contribution is -0.139. The zero-order valence-electron chi connectivity index (χ0n) is 12.0. The fourth-order valence-corrected chi connectivity index (χ4v) is 2.96. The molecule has 1 rings (SSSR count). The van der Waals surface area contributed by atoms with E-state index in [1.165, 1.54) is 0 Å². The molecule has 1 fully saturated rings. The first-order valence-corrected chi connectivity index (χ1v) is 6.67. The van der Waals surface area contributed by atoms with E-state index in [0.717, 1.165) is 38.8 Å². The minimum Gasteiger partial charge on any atom is -0.370 e. The molecule has 1 aliphatic heterocycles. The van der Waals surface area contributed by atoms with E-state index in [1.54, 1.807) is 0 Å². The minimum absolute atomic E-state index is 0.103. The van der Waals surface area contributed by atoms with Crippen molar-refractivity contribution in [3.63, 3.8) is 0 Å². The maximum absolute atomic E-state index is 11.3. The Hall–Kier alpha value is -0.410. The quantitative estimate of drug-likeness (QED) is 0.693. The third kappa shape index (κ3) is 4.40. The van der Waals surface area contributed by atoms with Crippen LogP contribution >= 0.6 is 0 Å². The Labute approximate surface area is 106 Å². The van der Waals surface area contributed by atoms with Crippen LogP contribution in [0.15, 0.2) is 0 Å². The second kappa shape index (κ2) is 5.49. The third-order valence-corrected chi connectivity index (χ3v) is 3.33. The smallest absolute Gasteiger partial charge is 0.127 e. The van der Waals surface area contributed by atoms with Crippen LogP contribution in [0, 0.1) is 5.41 Å². The molecule has 0 radical (unpaired) electrons. The highest BCUT2D eigenvalue weighted by molar-refractivity contribution is 5.59. The number of hydrogen-bond donors (Lipinski definition) is 0. The molecule has 0 saturated carbocycles. The lowest BCUT2D eigenvalue weighted by Crippen LogP contribution is -2.54. The molecule has 0 aromatic heterocycles. The third-order valence-electron chi connectivity index (χ3n) is 3.33. The first-order chi connectivity index (χ1) is 7.80. The minimum atomic E-state index is -0.206. The Balaban J connectivity index is 2.63. The van der Waals surface area contributed by atoms with Crippen molar-refractivity contribution in [3.05, 3.63) is 0 Å². The van der Waals surface area contributed by atoms with Crippen LogP contribution in [0.25, 0.3) is 0 Å². The van der Waals surface area contributed by atoms with E-state index < -0.39 is 0 Å². The zero-order chi connectivity index (χ0) is 13.1. The molecule has 2 unspecified atom stereocenters. The van der Waals surface area contributed by atoms with E-state index >= 15 is 0 Å². The Morgan fingerprint density at radius 1 is 1.53 bits per heavy atom. The SMILES string of the molecule is CCCC(C)(C=O)CN1CC(C)OC(C)(C)C1. The first-order valence-electron chi connectivity index (χ1n) is 6.67. The molecule has 1 aliphatic rings. The van der Waals surface area contributed by atoms with E-state index in [0.29, 0.717) is 0 Å². The number of rotatable bonds is 5. The van der Waals surface area contributed by atoms with Gasteiger partial charge < -0.3 is 9.53 Å². The topological polar surface area (TPSA) is 29.5 Å². The van der Waals surface area contributed by atoms with Gasteiger partial charge in [-0.3, -0.25) is 4.90 Å². The molecule has 0 N–H and O–H groups in total. The monoisotopic (exact) mass is 241 g/mol. The summed E-state index contributed by atoms with van der Waals surface area (Å²) in [6.07, 6.45) is 3.39. The van der Waals surface area contributed by atoms with Gasteiger partial charge in [-0.1, -0.05) is 20.3 Å². The van der Waals surface area contributed by atoms with Crippen molar-refractivity contribution in [2.45, 2.75) is 59.2 Å². The van der Waals surface area contributed by atoms with Crippen LogP contribution in [0.2, 0.25) is 0 Å². The average molecular weight is 241 g/mol. The molecule has 1 saturated heterocycles. The molecule has 0 aliphatic carbocycles. The van der Waals surface area contributed by atoms with Crippen molar-refractivity contribution in [1.29, 1.82) is 0 Å². The van der Waals surface area contributed by atoms with Gasteiger partial charge >= 0.3 is 0 Å². The Morgan fingerprint density at radius 2 is 2.18 bits per heavy atom. The van der Waals surface area contributed by atoms with Crippen LogP contribution < -0.4 is 0 Å². The van der Waals surface area contributed by atoms with E-state index in [-0.39, 0.29) is 17.1 Å². The number of ether oxygens (including phenoxy) is 1. The summed E-state index contributed by atoms with van der Waals surface area (Å²) in [5.41, 5.74) is -0.310. The summed E-state index contributed by atoms with van der Waals surface area (Å²) >= 11 is 0. The Morgan fingerprint density at radius 3 is 2.65 bits per heavy atom. The van der Waals surface area contributed by atoms with Crippen molar-refractivity contribution in [3.8, 4) is 0 Å². The van der Waals surface area contributed by atoms with E-state index in [9.17, 15) is 4.79 Å². The standard InChI is InChI=1S/C14H27NO2/c1-6-7-14(5,11-16)10-15-8-12(2)17-13(3,4)9-15/h11-12H,6-10H2,1-5H3. The summed E-state index contributed by atoms with van der Waals surface area (Å²) in [5.74, 6) is 0. The lowest BCUT2D eigenvalue weighted by atomic mass is 9.86. The van der Waals surface area contributed by atoms with E-state index in [2.05, 4.69) is 39.5 Å². The molecule has 2 atom stereocenters. The number of carbonyl (C=O) groups is 1. The molecule has 0 bridgehead atoms. The normalized spacial score (nSPS) is 28.6. The number of aldehydes is 1. The molecule has 1 heterocycles. The molecule has 0 aromatic carbocycles. The molecule has 0 spiro atoms. The van der Waals surface area contributed by atoms with Crippen LogP contribution in [-0.2, 0) is 9.53 Å². The van der Waals surface area contributed by atoms with Gasteiger partial charge in [0.05, 0.1) is 11.7 Å². The molecule has 3 heteroatoms. The van der Waals surface area contributed by atoms with Gasteiger partial charge in [0, 0.05) is 25.0 Å². The largest absolute Gasteiger partial charge is 0.370 e. The molecule has 17 heavy (non-hydrogen) atoms. The van der Waals surface area contributed by atoms with Crippen LogP contribution in [0.1, 0.15) is 47.5 Å². The average Bonchev–Trinajstić information content (AvgIpc) is 2.14. The molecular formula is C14H27NO2. The Kier molecular flexibility index (Phi) is 4.73. The van der Waals surface area contributed by atoms with Gasteiger partial charge in [0.15, 0.2) is 0 Å². The van der Waals surface area contributed by atoms with Crippen molar-refractivity contribution >= 4 is 6.29 Å². The molecule has 3 nitrogen and oxygen atoms in total. The van der Waals surface area contributed by atoms with E-state index in [1.807, 2.05) is 0 Å². The van der Waals surface area contributed by atoms with Gasteiger partial charge in [0.25, 0.3) is 0 Å². The zero-order valence-corrected chi connectivity index (χ0v) is 12.0. The number of nitrogens with zero attached hydrogens (tertiary/aromatic N) is 1. The lowest BCUT2D eigenvalue weighted by Gasteiger charge is -2.44. The maximum Gasteiger partial charge on any atom is 0.127 e.